The summed E-state index contributed by atoms with van der Waals surface area (Å²) in [5.41, 5.74) is 1.04. The van der Waals surface area contributed by atoms with Crippen molar-refractivity contribution in [3.8, 4) is 5.75 Å². The molecular formula is C26H31ClN2O4S2. The first-order chi connectivity index (χ1) is 16.9. The average molecular weight is 535 g/mol. The lowest BCUT2D eigenvalue weighted by molar-refractivity contribution is -0.141. The maximum Gasteiger partial charge on any atom is 0.303 e. The van der Waals surface area contributed by atoms with Gasteiger partial charge in [-0.15, -0.1) is 11.8 Å². The molecule has 188 valence electrons. The van der Waals surface area contributed by atoms with E-state index in [0.29, 0.717) is 29.2 Å². The number of aliphatic hydroxyl groups excluding tert-OH is 1. The van der Waals surface area contributed by atoms with E-state index in [1.165, 1.54) is 4.90 Å². The van der Waals surface area contributed by atoms with Crippen LogP contribution in [0.2, 0.25) is 5.02 Å². The van der Waals surface area contributed by atoms with E-state index in [4.69, 9.17) is 16.3 Å². The van der Waals surface area contributed by atoms with E-state index in [0.717, 1.165) is 49.1 Å². The Hall–Kier alpha value is -1.84. The van der Waals surface area contributed by atoms with Crippen LogP contribution in [0, 0.1) is 5.41 Å². The molecule has 1 aliphatic heterocycles. The van der Waals surface area contributed by atoms with Crippen LogP contribution in [-0.2, 0) is 4.79 Å². The predicted molar refractivity (Wildman–Crippen MR) is 143 cm³/mol. The van der Waals surface area contributed by atoms with Crippen LogP contribution in [0.3, 0.4) is 0 Å². The number of benzene rings is 1. The fourth-order valence-corrected chi connectivity index (χ4v) is 7.00. The number of aromatic nitrogens is 1. The molecular weight excluding hydrogens is 504 g/mol. The molecule has 9 heteroatoms. The number of carbonyl (C=O) groups is 1. The van der Waals surface area contributed by atoms with E-state index >= 15 is 0 Å². The predicted octanol–water partition coefficient (Wildman–Crippen LogP) is 6.12. The topological polar surface area (TPSA) is 82.9 Å². The highest BCUT2D eigenvalue weighted by Crippen LogP contribution is 2.43. The number of rotatable bonds is 11. The molecule has 0 spiro atoms. The minimum absolute atomic E-state index is 0.121. The largest absolute Gasteiger partial charge is 0.497 e. The zero-order chi connectivity index (χ0) is 24.8. The van der Waals surface area contributed by atoms with Crippen LogP contribution in [0.4, 0.5) is 0 Å². The lowest BCUT2D eigenvalue weighted by Gasteiger charge is -2.41. The van der Waals surface area contributed by atoms with E-state index in [9.17, 15) is 15.0 Å². The van der Waals surface area contributed by atoms with Gasteiger partial charge in [-0.1, -0.05) is 11.6 Å². The highest BCUT2D eigenvalue weighted by atomic mass is 35.5. The molecule has 2 aromatic heterocycles. The summed E-state index contributed by atoms with van der Waals surface area (Å²) in [6.07, 6.45) is 3.57. The number of piperidine rings is 1. The van der Waals surface area contributed by atoms with Crippen molar-refractivity contribution in [3.63, 3.8) is 0 Å². The van der Waals surface area contributed by atoms with Crippen molar-refractivity contribution in [2.45, 2.75) is 43.1 Å². The SMILES string of the molecule is COc1ccc2ncc(Cl)c([C@H](O)CCC3(CC(=O)O)CCN(CCSc4ccsc4)CC3)c2c1. The molecule has 3 aromatic rings. The number of aliphatic hydroxyl groups is 1. The number of aliphatic carboxylic acids is 1. The number of pyridine rings is 1. The van der Waals surface area contributed by atoms with Gasteiger partial charge >= 0.3 is 5.97 Å². The second-order valence-corrected chi connectivity index (χ2v) is 11.5. The van der Waals surface area contributed by atoms with Gasteiger partial charge in [0, 0.05) is 39.7 Å². The Kier molecular flexibility index (Phi) is 8.94. The standard InChI is InChI=1S/C26H31ClN2O4S2/c1-33-18-2-3-22-20(14-18)25(21(27)16-28-22)23(30)4-6-26(15-24(31)32)7-9-29(10-8-26)11-13-35-19-5-12-34-17-19/h2-3,5,12,14,16-17,23,30H,4,6-11,13,15H2,1H3,(H,31,32)/t23-/m1/s1. The second kappa shape index (κ2) is 11.9. The molecule has 1 atom stereocenters. The van der Waals surface area contributed by atoms with Crippen molar-refractivity contribution in [2.75, 3.05) is 32.5 Å². The van der Waals surface area contributed by atoms with E-state index in [1.807, 2.05) is 30.0 Å². The van der Waals surface area contributed by atoms with Crippen LogP contribution in [0.1, 0.15) is 43.8 Å². The number of hydrogen-bond acceptors (Lipinski definition) is 7. The molecule has 0 radical (unpaired) electrons. The van der Waals surface area contributed by atoms with Crippen molar-refractivity contribution in [3.05, 3.63) is 51.8 Å². The van der Waals surface area contributed by atoms with Gasteiger partial charge in [0.25, 0.3) is 0 Å². The highest BCUT2D eigenvalue weighted by molar-refractivity contribution is 7.99. The average Bonchev–Trinajstić information content (AvgIpc) is 3.36. The van der Waals surface area contributed by atoms with Gasteiger partial charge < -0.3 is 19.8 Å². The molecule has 2 N–H and O–H groups in total. The molecule has 1 aliphatic rings. The van der Waals surface area contributed by atoms with Crippen molar-refractivity contribution >= 4 is 51.6 Å². The second-order valence-electron chi connectivity index (χ2n) is 9.18. The van der Waals surface area contributed by atoms with Gasteiger partial charge in [0.15, 0.2) is 0 Å². The van der Waals surface area contributed by atoms with Crippen molar-refractivity contribution < 1.29 is 19.7 Å². The van der Waals surface area contributed by atoms with E-state index in [1.54, 1.807) is 24.6 Å². The molecule has 1 aromatic carbocycles. The van der Waals surface area contributed by atoms with Gasteiger partial charge in [0.2, 0.25) is 0 Å². The summed E-state index contributed by atoms with van der Waals surface area (Å²) in [7, 11) is 1.60. The Balaban J connectivity index is 1.40. The fraction of sp³-hybridized carbons (Fsp3) is 0.462. The molecule has 1 saturated heterocycles. The van der Waals surface area contributed by atoms with Crippen LogP contribution in [0.15, 0.2) is 46.1 Å². The molecule has 4 rings (SSSR count). The number of thioether (sulfide) groups is 1. The van der Waals surface area contributed by atoms with Crippen LogP contribution < -0.4 is 4.74 Å². The maximum absolute atomic E-state index is 11.8. The third kappa shape index (κ3) is 6.68. The van der Waals surface area contributed by atoms with Crippen molar-refractivity contribution in [1.29, 1.82) is 0 Å². The zero-order valence-corrected chi connectivity index (χ0v) is 22.2. The van der Waals surface area contributed by atoms with Crippen LogP contribution >= 0.6 is 34.7 Å². The minimum atomic E-state index is -0.814. The summed E-state index contributed by atoms with van der Waals surface area (Å²) in [5, 5.41) is 26.3. The lowest BCUT2D eigenvalue weighted by Crippen LogP contribution is -2.42. The number of methoxy groups -OCH3 is 1. The van der Waals surface area contributed by atoms with Gasteiger partial charge in [0.05, 0.1) is 30.2 Å². The summed E-state index contributed by atoms with van der Waals surface area (Å²) >= 11 is 10.0. The minimum Gasteiger partial charge on any atom is -0.497 e. The van der Waals surface area contributed by atoms with Gasteiger partial charge in [-0.2, -0.15) is 11.3 Å². The Labute approximate surface area is 219 Å². The van der Waals surface area contributed by atoms with Gasteiger partial charge in [-0.25, -0.2) is 0 Å². The quantitative estimate of drug-likeness (QED) is 0.287. The first kappa shape index (κ1) is 26.2. The van der Waals surface area contributed by atoms with Crippen LogP contribution in [-0.4, -0.2) is 58.6 Å². The Morgan fingerprint density at radius 3 is 2.83 bits per heavy atom. The smallest absolute Gasteiger partial charge is 0.303 e. The summed E-state index contributed by atoms with van der Waals surface area (Å²) in [6, 6.07) is 7.66. The monoisotopic (exact) mass is 534 g/mol. The van der Waals surface area contributed by atoms with E-state index < -0.39 is 12.1 Å². The molecule has 1 fully saturated rings. The number of ether oxygens (including phenoxy) is 1. The lowest BCUT2D eigenvalue weighted by atomic mass is 9.71. The number of thiophene rings is 1. The fourth-order valence-electron chi connectivity index (χ4n) is 4.93. The molecule has 0 aliphatic carbocycles. The number of likely N-dealkylation sites (tertiary alicyclic amines) is 1. The van der Waals surface area contributed by atoms with Gasteiger partial charge in [0.1, 0.15) is 5.75 Å². The number of hydrogen-bond donors (Lipinski definition) is 2. The third-order valence-corrected chi connectivity index (χ3v) is 9.07. The summed E-state index contributed by atoms with van der Waals surface area (Å²) in [4.78, 5) is 19.9. The molecule has 3 heterocycles. The number of carboxylic acid groups (broad SMARTS) is 1. The van der Waals surface area contributed by atoms with Gasteiger partial charge in [-0.05, 0) is 73.8 Å². The highest BCUT2D eigenvalue weighted by Gasteiger charge is 2.37. The van der Waals surface area contributed by atoms with Crippen LogP contribution in [0.5, 0.6) is 5.75 Å². The molecule has 0 amide bonds. The van der Waals surface area contributed by atoms with Crippen LogP contribution in [0.25, 0.3) is 10.9 Å². The third-order valence-electron chi connectivity index (χ3n) is 6.96. The molecule has 35 heavy (non-hydrogen) atoms. The Bertz CT molecular complexity index is 1130. The van der Waals surface area contributed by atoms with Gasteiger partial charge in [-0.3, -0.25) is 9.78 Å². The molecule has 0 bridgehead atoms. The van der Waals surface area contributed by atoms with Crippen molar-refractivity contribution in [1.82, 2.24) is 9.88 Å². The zero-order valence-electron chi connectivity index (χ0n) is 19.8. The number of nitrogens with zero attached hydrogens (tertiary/aromatic N) is 2. The summed E-state index contributed by atoms with van der Waals surface area (Å²) in [5.74, 6) is 0.915. The summed E-state index contributed by atoms with van der Waals surface area (Å²) < 4.78 is 5.35. The number of fused-ring (bicyclic) bond motifs is 1. The normalized spacial score (nSPS) is 16.9. The summed E-state index contributed by atoms with van der Waals surface area (Å²) in [6.45, 7) is 2.75. The number of carboxylic acids is 1. The maximum atomic E-state index is 11.8. The molecule has 0 unspecified atom stereocenters. The molecule has 0 saturated carbocycles. The first-order valence-electron chi connectivity index (χ1n) is 11.8. The Morgan fingerprint density at radius 1 is 1.34 bits per heavy atom. The number of halogens is 1. The first-order valence-corrected chi connectivity index (χ1v) is 14.1. The Morgan fingerprint density at radius 2 is 2.14 bits per heavy atom. The van der Waals surface area contributed by atoms with Crippen molar-refractivity contribution in [2.24, 2.45) is 5.41 Å². The van der Waals surface area contributed by atoms with E-state index in [-0.39, 0.29) is 11.8 Å². The van der Waals surface area contributed by atoms with E-state index in [2.05, 4.69) is 26.7 Å². The molecule has 6 nitrogen and oxygen atoms in total.